The number of benzene rings is 3. The van der Waals surface area contributed by atoms with Crippen LogP contribution in [-0.4, -0.2) is 16.0 Å². The lowest BCUT2D eigenvalue weighted by molar-refractivity contribution is -0.110. The molecule has 0 bridgehead atoms. The lowest BCUT2D eigenvalue weighted by atomic mass is 9.80. The van der Waals surface area contributed by atoms with Crippen molar-refractivity contribution in [2.24, 2.45) is 0 Å². The van der Waals surface area contributed by atoms with E-state index in [4.69, 9.17) is 0 Å². The van der Waals surface area contributed by atoms with Gasteiger partial charge in [0, 0.05) is 22.3 Å². The summed E-state index contributed by atoms with van der Waals surface area (Å²) < 4.78 is 0. The Morgan fingerprint density at radius 3 is 1.82 bits per heavy atom. The Balaban J connectivity index is 1.85. The first-order valence-electron chi connectivity index (χ1n) is 9.04. The van der Waals surface area contributed by atoms with E-state index in [0.717, 1.165) is 16.7 Å². The molecule has 0 saturated heterocycles. The molecule has 0 aromatic heterocycles. The Labute approximate surface area is 162 Å². The Kier molecular flexibility index (Phi) is 3.56. The van der Waals surface area contributed by atoms with E-state index in [1.807, 2.05) is 42.5 Å². The number of hydrogen-bond donors (Lipinski definition) is 2. The fourth-order valence-electron chi connectivity index (χ4n) is 3.93. The van der Waals surface area contributed by atoms with Gasteiger partial charge < -0.3 is 10.2 Å². The summed E-state index contributed by atoms with van der Waals surface area (Å²) in [6.07, 6.45) is 3.83. The summed E-state index contributed by atoms with van der Waals surface area (Å²) >= 11 is 0. The molecule has 3 aromatic rings. The third-order valence-electron chi connectivity index (χ3n) is 5.24. The predicted molar refractivity (Wildman–Crippen MR) is 110 cm³/mol. The van der Waals surface area contributed by atoms with Crippen molar-refractivity contribution in [3.8, 4) is 11.5 Å². The normalized spacial score (nSPS) is 15.1. The number of hydrogen-bond acceptors (Lipinski definition) is 3. The molecule has 0 saturated carbocycles. The molecule has 0 aliphatic heterocycles. The molecular formula is C25H16O3. The van der Waals surface area contributed by atoms with E-state index in [9.17, 15) is 15.0 Å². The van der Waals surface area contributed by atoms with Crippen LogP contribution >= 0.6 is 0 Å². The highest BCUT2D eigenvalue weighted by Gasteiger charge is 2.33. The van der Waals surface area contributed by atoms with Crippen LogP contribution < -0.4 is 0 Å². The summed E-state index contributed by atoms with van der Waals surface area (Å²) in [5.74, 6) is -0.0334. The fourth-order valence-corrected chi connectivity index (χ4v) is 3.93. The van der Waals surface area contributed by atoms with Gasteiger partial charge in [-0.15, -0.1) is 0 Å². The zero-order valence-corrected chi connectivity index (χ0v) is 14.9. The molecule has 2 aliphatic rings. The van der Waals surface area contributed by atoms with Crippen molar-refractivity contribution >= 4 is 28.6 Å². The number of para-hydroxylation sites is 2. The van der Waals surface area contributed by atoms with E-state index in [1.54, 1.807) is 42.5 Å². The molecule has 0 fully saturated rings. The molecule has 2 N–H and O–H groups in total. The quantitative estimate of drug-likeness (QED) is 0.667. The Morgan fingerprint density at radius 2 is 1.14 bits per heavy atom. The molecular weight excluding hydrogens is 348 g/mol. The molecule has 0 radical (unpaired) electrons. The van der Waals surface area contributed by atoms with Crippen LogP contribution in [0.2, 0.25) is 0 Å². The third kappa shape index (κ3) is 2.33. The van der Waals surface area contributed by atoms with Gasteiger partial charge in [-0.1, -0.05) is 60.7 Å². The Morgan fingerprint density at radius 1 is 0.571 bits per heavy atom. The molecule has 0 unspecified atom stereocenters. The van der Waals surface area contributed by atoms with Crippen molar-refractivity contribution in [2.45, 2.75) is 0 Å². The van der Waals surface area contributed by atoms with Crippen LogP contribution in [0.15, 0.2) is 84.4 Å². The maximum atomic E-state index is 13.6. The molecule has 0 heterocycles. The largest absolute Gasteiger partial charge is 0.507 e. The first kappa shape index (κ1) is 16.3. The second-order valence-corrected chi connectivity index (χ2v) is 6.86. The zero-order valence-electron chi connectivity index (χ0n) is 14.9. The van der Waals surface area contributed by atoms with Gasteiger partial charge in [-0.2, -0.15) is 0 Å². The predicted octanol–water partition coefficient (Wildman–Crippen LogP) is 5.07. The number of ketones is 1. The van der Waals surface area contributed by atoms with Crippen LogP contribution in [0, 0.1) is 0 Å². The van der Waals surface area contributed by atoms with Crippen molar-refractivity contribution in [3.05, 3.63) is 107 Å². The molecule has 0 amide bonds. The lowest BCUT2D eigenvalue weighted by Gasteiger charge is -2.21. The second kappa shape index (κ2) is 6.10. The number of carbonyl (C=O) groups is 1. The third-order valence-corrected chi connectivity index (χ3v) is 5.24. The minimum Gasteiger partial charge on any atom is -0.507 e. The minimum atomic E-state index is -0.159. The van der Waals surface area contributed by atoms with Crippen LogP contribution in [-0.2, 0) is 4.79 Å². The van der Waals surface area contributed by atoms with Crippen LogP contribution in [0.25, 0.3) is 22.8 Å². The molecule has 28 heavy (non-hydrogen) atoms. The lowest BCUT2D eigenvalue weighted by Crippen LogP contribution is -2.12. The summed E-state index contributed by atoms with van der Waals surface area (Å²) in [5.41, 5.74) is 5.46. The number of phenols is 2. The molecule has 3 nitrogen and oxygen atoms in total. The van der Waals surface area contributed by atoms with Gasteiger partial charge in [-0.3, -0.25) is 4.79 Å². The van der Waals surface area contributed by atoms with Gasteiger partial charge in [0.05, 0.1) is 0 Å². The summed E-state index contributed by atoms with van der Waals surface area (Å²) in [4.78, 5) is 13.6. The average molecular weight is 364 g/mol. The smallest absolute Gasteiger partial charge is 0.195 e. The van der Waals surface area contributed by atoms with Crippen LogP contribution in [0.1, 0.15) is 22.3 Å². The van der Waals surface area contributed by atoms with Crippen LogP contribution in [0.4, 0.5) is 0 Å². The maximum Gasteiger partial charge on any atom is 0.195 e. The number of fused-ring (bicyclic) bond motifs is 3. The number of carbonyl (C=O) groups excluding carboxylic acids is 1. The number of phenolic OH excluding ortho intramolecular Hbond substituents is 2. The van der Waals surface area contributed by atoms with E-state index in [2.05, 4.69) is 0 Å². The topological polar surface area (TPSA) is 57.5 Å². The first-order chi connectivity index (χ1) is 13.6. The van der Waals surface area contributed by atoms with Crippen molar-refractivity contribution in [2.75, 3.05) is 0 Å². The van der Waals surface area contributed by atoms with Gasteiger partial charge in [0.1, 0.15) is 11.5 Å². The Hall–Kier alpha value is -3.85. The molecule has 2 aliphatic carbocycles. The van der Waals surface area contributed by atoms with Crippen molar-refractivity contribution < 1.29 is 15.0 Å². The molecule has 5 rings (SSSR count). The molecule has 0 atom stereocenters. The van der Waals surface area contributed by atoms with Crippen molar-refractivity contribution in [3.63, 3.8) is 0 Å². The van der Waals surface area contributed by atoms with Crippen LogP contribution in [0.3, 0.4) is 0 Å². The monoisotopic (exact) mass is 364 g/mol. The number of allylic oxidation sites excluding steroid dienone is 5. The van der Waals surface area contributed by atoms with Gasteiger partial charge in [0.25, 0.3) is 0 Å². The number of aromatic hydroxyl groups is 2. The van der Waals surface area contributed by atoms with Gasteiger partial charge in [0.2, 0.25) is 0 Å². The SMILES string of the molecule is O=C1C2=Cc3ccccc3C2=CC(c2ccccc2O)=C1c1ccccc1O. The van der Waals surface area contributed by atoms with Gasteiger partial charge >= 0.3 is 0 Å². The molecule has 134 valence electrons. The van der Waals surface area contributed by atoms with E-state index < -0.39 is 0 Å². The second-order valence-electron chi connectivity index (χ2n) is 6.86. The molecule has 3 heteroatoms. The van der Waals surface area contributed by atoms with Crippen molar-refractivity contribution in [1.29, 1.82) is 0 Å². The highest BCUT2D eigenvalue weighted by molar-refractivity contribution is 6.44. The standard InChI is InChI=1S/C25H16O3/c26-22-11-5-3-9-17(22)20-14-19-16-8-2-1-7-15(16)13-21(19)25(28)24(20)18-10-4-6-12-23(18)27/h1-14,26-27H. The average Bonchev–Trinajstić information content (AvgIpc) is 3.08. The summed E-state index contributed by atoms with van der Waals surface area (Å²) in [7, 11) is 0. The van der Waals surface area contributed by atoms with E-state index in [-0.39, 0.29) is 17.3 Å². The van der Waals surface area contributed by atoms with E-state index >= 15 is 0 Å². The zero-order chi connectivity index (χ0) is 19.3. The highest BCUT2D eigenvalue weighted by atomic mass is 16.3. The van der Waals surface area contributed by atoms with E-state index in [1.165, 1.54) is 0 Å². The number of rotatable bonds is 2. The maximum absolute atomic E-state index is 13.6. The molecule has 0 spiro atoms. The van der Waals surface area contributed by atoms with Gasteiger partial charge in [-0.05, 0) is 46.6 Å². The van der Waals surface area contributed by atoms with Crippen molar-refractivity contribution in [1.82, 2.24) is 0 Å². The fraction of sp³-hybridized carbons (Fsp3) is 0. The number of Topliss-reactive ketones (excluding diaryl/α,β-unsaturated/α-hetero) is 1. The van der Waals surface area contributed by atoms with Gasteiger partial charge in [0.15, 0.2) is 5.78 Å². The molecule has 3 aromatic carbocycles. The van der Waals surface area contributed by atoms with E-state index in [0.29, 0.717) is 27.8 Å². The summed E-state index contributed by atoms with van der Waals surface area (Å²) in [5, 5.41) is 20.9. The highest BCUT2D eigenvalue weighted by Crippen LogP contribution is 2.47. The summed E-state index contributed by atoms with van der Waals surface area (Å²) in [6, 6.07) is 21.6. The Bertz CT molecular complexity index is 1240. The van der Waals surface area contributed by atoms with Crippen LogP contribution in [0.5, 0.6) is 11.5 Å². The summed E-state index contributed by atoms with van der Waals surface area (Å²) in [6.45, 7) is 0. The first-order valence-corrected chi connectivity index (χ1v) is 9.04. The van der Waals surface area contributed by atoms with Gasteiger partial charge in [-0.25, -0.2) is 0 Å². The minimum absolute atomic E-state index is 0.0340.